The van der Waals surface area contributed by atoms with Gasteiger partial charge in [-0.1, -0.05) is 11.6 Å². The summed E-state index contributed by atoms with van der Waals surface area (Å²) in [7, 11) is 2.26. The molecule has 218 valence electrons. The Morgan fingerprint density at radius 2 is 1.85 bits per heavy atom. The van der Waals surface area contributed by atoms with E-state index in [9.17, 15) is 8.42 Å². The summed E-state index contributed by atoms with van der Waals surface area (Å²) in [6.07, 6.45) is 5.30. The van der Waals surface area contributed by atoms with Crippen molar-refractivity contribution in [2.75, 3.05) is 49.8 Å². The summed E-state index contributed by atoms with van der Waals surface area (Å²) in [5.74, 6) is 1.18. The molecule has 0 radical (unpaired) electrons. The van der Waals surface area contributed by atoms with Crippen molar-refractivity contribution in [2.24, 2.45) is 0 Å². The van der Waals surface area contributed by atoms with Crippen LogP contribution in [0, 0.1) is 0 Å². The molecule has 41 heavy (non-hydrogen) atoms. The molecule has 5 rings (SSSR count). The van der Waals surface area contributed by atoms with Crippen LogP contribution in [-0.2, 0) is 9.84 Å². The highest BCUT2D eigenvalue weighted by molar-refractivity contribution is 7.92. The van der Waals surface area contributed by atoms with Crippen LogP contribution in [0.15, 0.2) is 47.6 Å². The first kappa shape index (κ1) is 28.9. The fourth-order valence-corrected chi connectivity index (χ4v) is 6.29. The third-order valence-corrected chi connectivity index (χ3v) is 9.92. The van der Waals surface area contributed by atoms with Crippen LogP contribution in [0.2, 0.25) is 5.02 Å². The molecule has 0 saturated carbocycles. The lowest BCUT2D eigenvalue weighted by atomic mass is 10.0. The van der Waals surface area contributed by atoms with Gasteiger partial charge in [0.05, 0.1) is 46.5 Å². The molecule has 0 atom stereocenters. The summed E-state index contributed by atoms with van der Waals surface area (Å²) in [5, 5.41) is 13.5. The van der Waals surface area contributed by atoms with Gasteiger partial charge < -0.3 is 25.2 Å². The molecule has 0 bridgehead atoms. The van der Waals surface area contributed by atoms with Crippen molar-refractivity contribution in [2.45, 2.75) is 42.9 Å². The molecular weight excluding hydrogens is 564 g/mol. The van der Waals surface area contributed by atoms with Crippen LogP contribution in [0.4, 0.5) is 28.8 Å². The van der Waals surface area contributed by atoms with Crippen molar-refractivity contribution < 1.29 is 13.2 Å². The molecule has 1 aliphatic heterocycles. The molecule has 0 spiro atoms. The normalized spacial score (nSPS) is 14.7. The third kappa shape index (κ3) is 6.04. The Kier molecular flexibility index (Phi) is 8.25. The van der Waals surface area contributed by atoms with Crippen LogP contribution in [0.5, 0.6) is 5.75 Å². The number of nitrogens with one attached hydrogen (secondary N) is 3. The van der Waals surface area contributed by atoms with Crippen molar-refractivity contribution >= 4 is 61.2 Å². The molecule has 3 N–H and O–H groups in total. The van der Waals surface area contributed by atoms with Gasteiger partial charge in [0, 0.05) is 36.3 Å². The van der Waals surface area contributed by atoms with E-state index < -0.39 is 15.1 Å². The Hall–Kier alpha value is -3.61. The number of benzene rings is 2. The van der Waals surface area contributed by atoms with Crippen molar-refractivity contribution in [1.82, 2.24) is 25.1 Å². The highest BCUT2D eigenvalue weighted by atomic mass is 35.5. The number of halogens is 1. The van der Waals surface area contributed by atoms with Crippen molar-refractivity contribution in [3.05, 3.63) is 47.7 Å². The maximum atomic E-state index is 13.2. The number of fused-ring (bicyclic) bond motifs is 1. The largest absolute Gasteiger partial charge is 0.494 e. The number of H-pyrrole nitrogens is 1. The van der Waals surface area contributed by atoms with E-state index in [0.717, 1.165) is 37.0 Å². The monoisotopic (exact) mass is 598 g/mol. The lowest BCUT2D eigenvalue weighted by Gasteiger charge is -2.36. The lowest BCUT2D eigenvalue weighted by Crippen LogP contribution is -2.41. The zero-order valence-corrected chi connectivity index (χ0v) is 25.3. The Balaban J connectivity index is 1.40. The van der Waals surface area contributed by atoms with Crippen LogP contribution >= 0.6 is 11.6 Å². The molecule has 4 aromatic rings. The number of piperidine rings is 1. The maximum absolute atomic E-state index is 13.2. The minimum absolute atomic E-state index is 0.125. The summed E-state index contributed by atoms with van der Waals surface area (Å²) in [6.45, 7) is 5.24. The van der Waals surface area contributed by atoms with Gasteiger partial charge >= 0.3 is 0 Å². The molecule has 1 fully saturated rings. The van der Waals surface area contributed by atoms with E-state index in [0.29, 0.717) is 28.7 Å². The number of rotatable bonds is 9. The van der Waals surface area contributed by atoms with Gasteiger partial charge in [0.15, 0.2) is 15.7 Å². The minimum Gasteiger partial charge on any atom is -0.494 e. The Labute approximate surface area is 245 Å². The first-order valence-corrected chi connectivity index (χ1v) is 15.4. The summed E-state index contributed by atoms with van der Waals surface area (Å²) < 4.78 is 32.1. The van der Waals surface area contributed by atoms with Crippen molar-refractivity contribution in [1.29, 1.82) is 0 Å². The predicted molar refractivity (Wildman–Crippen MR) is 164 cm³/mol. The molecule has 11 nitrogen and oxygen atoms in total. The third-order valence-electron chi connectivity index (χ3n) is 7.46. The zero-order chi connectivity index (χ0) is 29.3. The van der Waals surface area contributed by atoms with Gasteiger partial charge in [-0.3, -0.25) is 5.10 Å². The van der Waals surface area contributed by atoms with E-state index in [4.69, 9.17) is 16.3 Å². The Morgan fingerprint density at radius 3 is 2.54 bits per heavy atom. The van der Waals surface area contributed by atoms with E-state index in [1.54, 1.807) is 39.3 Å². The molecule has 2 aromatic heterocycles. The predicted octanol–water partition coefficient (Wildman–Crippen LogP) is 5.21. The van der Waals surface area contributed by atoms with Crippen LogP contribution < -0.4 is 20.3 Å². The summed E-state index contributed by atoms with van der Waals surface area (Å²) in [5.41, 5.74) is 2.75. The second-order valence-electron chi connectivity index (χ2n) is 10.6. The van der Waals surface area contributed by atoms with Gasteiger partial charge in [-0.05, 0) is 65.0 Å². The topological polar surface area (TPSA) is 128 Å². The second kappa shape index (κ2) is 11.7. The number of aromatic amines is 1. The van der Waals surface area contributed by atoms with E-state index >= 15 is 0 Å². The summed E-state index contributed by atoms with van der Waals surface area (Å²) in [4.78, 5) is 13.7. The lowest BCUT2D eigenvalue weighted by molar-refractivity contribution is 0.249. The zero-order valence-electron chi connectivity index (χ0n) is 23.8. The molecular formula is C28H35ClN8O3S. The molecule has 1 saturated heterocycles. The number of anilines is 5. The Morgan fingerprint density at radius 1 is 1.10 bits per heavy atom. The highest BCUT2D eigenvalue weighted by Crippen LogP contribution is 2.35. The SMILES string of the molecule is COc1cc(N2CCC(N(C)C)CC2)ccc1Nc1ncc(Cl)c(Nc2cc3cn[nH]c3cc2S(=O)(=O)C(C)C)n1. The van der Waals surface area contributed by atoms with Gasteiger partial charge in [0.1, 0.15) is 10.8 Å². The van der Waals surface area contributed by atoms with Crippen molar-refractivity contribution in [3.8, 4) is 5.75 Å². The molecule has 2 aromatic carbocycles. The fraction of sp³-hybridized carbons (Fsp3) is 0.393. The van der Waals surface area contributed by atoms with E-state index in [2.05, 4.69) is 60.8 Å². The summed E-state index contributed by atoms with van der Waals surface area (Å²) >= 11 is 6.45. The smallest absolute Gasteiger partial charge is 0.229 e. The van der Waals surface area contributed by atoms with Gasteiger partial charge in [-0.15, -0.1) is 0 Å². The standard InChI is InChI=1S/C28H35ClN8O3S/c1-17(2)41(38,39)26-14-23-18(15-31-35-23)12-24(26)32-27-21(29)16-30-28(34-27)33-22-7-6-20(13-25(22)40-5)37-10-8-19(9-11-37)36(3)4/h6-7,12-17,19H,8-11H2,1-5H3,(H,31,35)(H2,30,32,33,34). The van der Waals surface area contributed by atoms with Crippen LogP contribution in [-0.4, -0.2) is 79.1 Å². The minimum atomic E-state index is -3.63. The maximum Gasteiger partial charge on any atom is 0.229 e. The van der Waals surface area contributed by atoms with Crippen molar-refractivity contribution in [3.63, 3.8) is 0 Å². The number of sulfone groups is 1. The molecule has 1 aliphatic rings. The number of hydrogen-bond donors (Lipinski definition) is 3. The number of nitrogens with zero attached hydrogens (tertiary/aromatic N) is 5. The number of aromatic nitrogens is 4. The van der Waals surface area contributed by atoms with Gasteiger partial charge in [0.2, 0.25) is 5.95 Å². The second-order valence-corrected chi connectivity index (χ2v) is 13.5. The first-order valence-electron chi connectivity index (χ1n) is 13.4. The number of methoxy groups -OCH3 is 1. The number of ether oxygens (including phenoxy) is 1. The molecule has 0 aliphatic carbocycles. The van der Waals surface area contributed by atoms with Crippen LogP contribution in [0.25, 0.3) is 10.9 Å². The average molecular weight is 599 g/mol. The van der Waals surface area contributed by atoms with Gasteiger partial charge in [0.25, 0.3) is 0 Å². The molecule has 0 unspecified atom stereocenters. The fourth-order valence-electron chi connectivity index (χ4n) is 4.94. The van der Waals surface area contributed by atoms with Crippen LogP contribution in [0.1, 0.15) is 26.7 Å². The van der Waals surface area contributed by atoms with Gasteiger partial charge in [-0.25, -0.2) is 13.4 Å². The van der Waals surface area contributed by atoms with E-state index in [1.807, 2.05) is 12.1 Å². The molecule has 3 heterocycles. The van der Waals surface area contributed by atoms with E-state index in [-0.39, 0.29) is 21.7 Å². The van der Waals surface area contributed by atoms with E-state index in [1.165, 1.54) is 6.20 Å². The molecule has 0 amide bonds. The van der Waals surface area contributed by atoms with Gasteiger partial charge in [-0.2, -0.15) is 10.1 Å². The first-order chi connectivity index (χ1) is 19.6. The highest BCUT2D eigenvalue weighted by Gasteiger charge is 2.25. The number of hydrogen-bond acceptors (Lipinski definition) is 10. The quantitative estimate of drug-likeness (QED) is 0.236. The average Bonchev–Trinajstić information content (AvgIpc) is 3.42. The summed E-state index contributed by atoms with van der Waals surface area (Å²) in [6, 6.07) is 9.89. The molecule has 13 heteroatoms. The van der Waals surface area contributed by atoms with Crippen LogP contribution in [0.3, 0.4) is 0 Å². The Bertz CT molecular complexity index is 1650.